The van der Waals surface area contributed by atoms with Crippen LogP contribution >= 0.6 is 0 Å². The second kappa shape index (κ2) is 6.12. The molecule has 1 aromatic carbocycles. The van der Waals surface area contributed by atoms with Crippen LogP contribution < -0.4 is 5.32 Å². The van der Waals surface area contributed by atoms with Gasteiger partial charge in [0.05, 0.1) is 16.4 Å². The van der Waals surface area contributed by atoms with E-state index in [4.69, 9.17) is 5.26 Å². The molecule has 0 heterocycles. The number of para-hydroxylation sites is 1. The van der Waals surface area contributed by atoms with Crippen molar-refractivity contribution in [2.24, 2.45) is 5.41 Å². The SMILES string of the molecule is CC(C)(C#N)CCNCc1ccccc1[N+](=O)[O-]. The molecule has 0 atom stereocenters. The predicted octanol–water partition coefficient (Wildman–Crippen LogP) is 2.62. The number of rotatable bonds is 6. The van der Waals surface area contributed by atoms with Crippen LogP contribution in [0.25, 0.3) is 0 Å². The Hall–Kier alpha value is -1.93. The molecule has 18 heavy (non-hydrogen) atoms. The van der Waals surface area contributed by atoms with Crippen LogP contribution in [0, 0.1) is 26.9 Å². The number of hydrogen-bond donors (Lipinski definition) is 1. The maximum Gasteiger partial charge on any atom is 0.273 e. The fourth-order valence-electron chi connectivity index (χ4n) is 1.52. The predicted molar refractivity (Wildman–Crippen MR) is 68.8 cm³/mol. The van der Waals surface area contributed by atoms with Crippen molar-refractivity contribution in [1.82, 2.24) is 5.32 Å². The molecule has 0 aliphatic rings. The highest BCUT2D eigenvalue weighted by atomic mass is 16.6. The molecule has 0 aliphatic heterocycles. The lowest BCUT2D eigenvalue weighted by atomic mass is 9.91. The van der Waals surface area contributed by atoms with Crippen LogP contribution in [-0.4, -0.2) is 11.5 Å². The van der Waals surface area contributed by atoms with Gasteiger partial charge in [-0.05, 0) is 26.8 Å². The largest absolute Gasteiger partial charge is 0.312 e. The first kappa shape index (κ1) is 14.1. The summed E-state index contributed by atoms with van der Waals surface area (Å²) in [6, 6.07) is 8.89. The Labute approximate surface area is 107 Å². The number of nitro groups is 1. The van der Waals surface area contributed by atoms with Gasteiger partial charge in [-0.25, -0.2) is 0 Å². The highest BCUT2D eigenvalue weighted by Gasteiger charge is 2.16. The summed E-state index contributed by atoms with van der Waals surface area (Å²) < 4.78 is 0. The van der Waals surface area contributed by atoms with Crippen molar-refractivity contribution >= 4 is 5.69 Å². The minimum absolute atomic E-state index is 0.129. The highest BCUT2D eigenvalue weighted by molar-refractivity contribution is 5.39. The Morgan fingerprint density at radius 1 is 1.44 bits per heavy atom. The van der Waals surface area contributed by atoms with E-state index in [1.165, 1.54) is 6.07 Å². The van der Waals surface area contributed by atoms with Gasteiger partial charge in [-0.1, -0.05) is 18.2 Å². The first-order valence-corrected chi connectivity index (χ1v) is 5.80. The van der Waals surface area contributed by atoms with Crippen LogP contribution in [0.15, 0.2) is 24.3 Å². The Bertz CT molecular complexity index is 464. The Morgan fingerprint density at radius 3 is 2.72 bits per heavy atom. The number of nitro benzene ring substituents is 1. The Kier molecular flexibility index (Phi) is 4.81. The second-order valence-corrected chi connectivity index (χ2v) is 4.81. The molecule has 5 nitrogen and oxygen atoms in total. The summed E-state index contributed by atoms with van der Waals surface area (Å²) in [6.45, 7) is 4.85. The molecule has 0 saturated heterocycles. The smallest absolute Gasteiger partial charge is 0.273 e. The number of hydrogen-bond acceptors (Lipinski definition) is 4. The first-order chi connectivity index (χ1) is 8.46. The van der Waals surface area contributed by atoms with Crippen LogP contribution in [0.2, 0.25) is 0 Å². The summed E-state index contributed by atoms with van der Waals surface area (Å²) in [6.07, 6.45) is 0.712. The third kappa shape index (κ3) is 4.15. The van der Waals surface area contributed by atoms with Crippen LogP contribution in [-0.2, 0) is 6.54 Å². The number of nitrogens with zero attached hydrogens (tertiary/aromatic N) is 2. The van der Waals surface area contributed by atoms with E-state index in [1.54, 1.807) is 18.2 Å². The average molecular weight is 247 g/mol. The van der Waals surface area contributed by atoms with Crippen molar-refractivity contribution < 1.29 is 4.92 Å². The first-order valence-electron chi connectivity index (χ1n) is 5.80. The van der Waals surface area contributed by atoms with E-state index in [1.807, 2.05) is 13.8 Å². The van der Waals surface area contributed by atoms with Crippen LogP contribution in [0.4, 0.5) is 5.69 Å². The highest BCUT2D eigenvalue weighted by Crippen LogP contribution is 2.19. The van der Waals surface area contributed by atoms with Gasteiger partial charge in [0.25, 0.3) is 5.69 Å². The fraction of sp³-hybridized carbons (Fsp3) is 0.462. The molecule has 1 N–H and O–H groups in total. The van der Waals surface area contributed by atoms with Crippen LogP contribution in [0.5, 0.6) is 0 Å². The fourth-order valence-corrected chi connectivity index (χ4v) is 1.52. The van der Waals surface area contributed by atoms with Gasteiger partial charge >= 0.3 is 0 Å². The van der Waals surface area contributed by atoms with E-state index in [2.05, 4.69) is 11.4 Å². The number of nitriles is 1. The molecule has 0 unspecified atom stereocenters. The molecule has 1 rings (SSSR count). The minimum atomic E-state index is -0.379. The second-order valence-electron chi connectivity index (χ2n) is 4.81. The summed E-state index contributed by atoms with van der Waals surface area (Å²) in [5, 5.41) is 22.8. The summed E-state index contributed by atoms with van der Waals surface area (Å²) in [5.41, 5.74) is 0.428. The third-order valence-corrected chi connectivity index (χ3v) is 2.73. The molecule has 0 amide bonds. The molecular weight excluding hydrogens is 230 g/mol. The molecule has 1 aromatic rings. The monoisotopic (exact) mass is 247 g/mol. The van der Waals surface area contributed by atoms with Gasteiger partial charge in [-0.3, -0.25) is 10.1 Å². The summed E-state index contributed by atoms with van der Waals surface area (Å²) >= 11 is 0. The van der Waals surface area contributed by atoms with E-state index in [0.717, 1.165) is 0 Å². The molecule has 5 heteroatoms. The summed E-state index contributed by atoms with van der Waals surface area (Å²) in [5.74, 6) is 0. The van der Waals surface area contributed by atoms with Crippen molar-refractivity contribution in [1.29, 1.82) is 5.26 Å². The van der Waals surface area contributed by atoms with E-state index in [-0.39, 0.29) is 16.0 Å². The lowest BCUT2D eigenvalue weighted by Gasteiger charge is -2.15. The minimum Gasteiger partial charge on any atom is -0.312 e. The molecule has 0 aromatic heterocycles. The topological polar surface area (TPSA) is 79.0 Å². The molecule has 0 spiro atoms. The molecule has 0 radical (unpaired) electrons. The zero-order chi connectivity index (χ0) is 13.6. The van der Waals surface area contributed by atoms with Crippen molar-refractivity contribution in [3.05, 3.63) is 39.9 Å². The normalized spacial score (nSPS) is 10.9. The van der Waals surface area contributed by atoms with Gasteiger partial charge in [-0.15, -0.1) is 0 Å². The molecule has 0 saturated carbocycles. The van der Waals surface area contributed by atoms with Gasteiger partial charge < -0.3 is 5.32 Å². The van der Waals surface area contributed by atoms with E-state index in [0.29, 0.717) is 25.1 Å². The standard InChI is InChI=1S/C13H17N3O2/c1-13(2,10-14)7-8-15-9-11-5-3-4-6-12(11)16(17)18/h3-6,15H,7-9H2,1-2H3. The maximum atomic E-state index is 10.8. The van der Waals surface area contributed by atoms with Crippen LogP contribution in [0.3, 0.4) is 0 Å². The van der Waals surface area contributed by atoms with Gasteiger partial charge in [0.1, 0.15) is 0 Å². The maximum absolute atomic E-state index is 10.8. The third-order valence-electron chi connectivity index (χ3n) is 2.73. The van der Waals surface area contributed by atoms with Gasteiger partial charge in [0, 0.05) is 18.2 Å². The van der Waals surface area contributed by atoms with E-state index < -0.39 is 0 Å². The lowest BCUT2D eigenvalue weighted by molar-refractivity contribution is -0.385. The molecule has 96 valence electrons. The lowest BCUT2D eigenvalue weighted by Crippen LogP contribution is -2.21. The average Bonchev–Trinajstić information content (AvgIpc) is 2.35. The zero-order valence-corrected chi connectivity index (χ0v) is 10.6. The van der Waals surface area contributed by atoms with Gasteiger partial charge in [0.15, 0.2) is 0 Å². The summed E-state index contributed by atoms with van der Waals surface area (Å²) in [4.78, 5) is 10.4. The van der Waals surface area contributed by atoms with E-state index >= 15 is 0 Å². The van der Waals surface area contributed by atoms with E-state index in [9.17, 15) is 10.1 Å². The summed E-state index contributed by atoms with van der Waals surface area (Å²) in [7, 11) is 0. The molecular formula is C13H17N3O2. The van der Waals surface area contributed by atoms with Crippen molar-refractivity contribution in [3.63, 3.8) is 0 Å². The Morgan fingerprint density at radius 2 is 2.11 bits per heavy atom. The molecule has 0 aliphatic carbocycles. The van der Waals surface area contributed by atoms with Crippen molar-refractivity contribution in [2.75, 3.05) is 6.54 Å². The van der Waals surface area contributed by atoms with Crippen molar-refractivity contribution in [3.8, 4) is 6.07 Å². The molecule has 0 bridgehead atoms. The number of benzene rings is 1. The van der Waals surface area contributed by atoms with Crippen LogP contribution in [0.1, 0.15) is 25.8 Å². The van der Waals surface area contributed by atoms with Gasteiger partial charge in [0.2, 0.25) is 0 Å². The van der Waals surface area contributed by atoms with Gasteiger partial charge in [-0.2, -0.15) is 5.26 Å². The van der Waals surface area contributed by atoms with Crippen molar-refractivity contribution in [2.45, 2.75) is 26.8 Å². The Balaban J connectivity index is 2.50. The zero-order valence-electron chi connectivity index (χ0n) is 10.6. The quantitative estimate of drug-likeness (QED) is 0.476. The molecule has 0 fully saturated rings. The number of nitrogens with one attached hydrogen (secondary N) is 1.